The molecular formula is C25H33N3O3. The fourth-order valence-corrected chi connectivity index (χ4v) is 5.89. The lowest BCUT2D eigenvalue weighted by molar-refractivity contribution is -0.138. The monoisotopic (exact) mass is 423 g/mol. The van der Waals surface area contributed by atoms with Crippen molar-refractivity contribution in [1.82, 2.24) is 14.9 Å². The number of H-pyrrole nitrogens is 1. The van der Waals surface area contributed by atoms with Crippen molar-refractivity contribution < 1.29 is 14.7 Å². The number of aromatic nitrogens is 2. The number of rotatable bonds is 6. The number of hydrogen-bond donors (Lipinski definition) is 2. The third kappa shape index (κ3) is 4.00. The van der Waals surface area contributed by atoms with Crippen molar-refractivity contribution in [3.8, 4) is 0 Å². The predicted molar refractivity (Wildman–Crippen MR) is 119 cm³/mol. The van der Waals surface area contributed by atoms with Gasteiger partial charge in [-0.2, -0.15) is 0 Å². The number of aromatic amines is 1. The first kappa shape index (κ1) is 21.6. The molecule has 0 saturated heterocycles. The maximum atomic E-state index is 13.1. The molecule has 2 atom stereocenters. The standard InChI is InChI=1S/C25H33N3O3/c1-16(23(30)31)21-19-13-28(11-8-17-12-26-15-27-17)22(29)18(19)6-7-20(21)25(4)10-5-9-24(2,3)14-25/h6-7,12,15-16H,5,8-11,13-14H2,1-4H3,(H,26,27)(H,30,31)/t16-,25+/m1/s1. The first-order chi connectivity index (χ1) is 14.6. The van der Waals surface area contributed by atoms with Crippen molar-refractivity contribution in [2.75, 3.05) is 6.54 Å². The summed E-state index contributed by atoms with van der Waals surface area (Å²) in [5, 5.41) is 9.93. The molecule has 0 radical (unpaired) electrons. The lowest BCUT2D eigenvalue weighted by Crippen LogP contribution is -2.36. The second-order valence-corrected chi connectivity index (χ2v) is 10.4. The van der Waals surface area contributed by atoms with Gasteiger partial charge in [0.05, 0.1) is 12.2 Å². The van der Waals surface area contributed by atoms with Crippen molar-refractivity contribution in [2.45, 2.75) is 77.7 Å². The zero-order valence-corrected chi connectivity index (χ0v) is 19.0. The summed E-state index contributed by atoms with van der Waals surface area (Å²) >= 11 is 0. The van der Waals surface area contributed by atoms with Crippen LogP contribution in [0, 0.1) is 5.41 Å². The van der Waals surface area contributed by atoms with Crippen LogP contribution < -0.4 is 0 Å². The maximum Gasteiger partial charge on any atom is 0.310 e. The molecule has 1 aliphatic heterocycles. The Balaban J connectivity index is 1.72. The van der Waals surface area contributed by atoms with Gasteiger partial charge in [-0.05, 0) is 59.8 Å². The van der Waals surface area contributed by atoms with Gasteiger partial charge in [0.1, 0.15) is 0 Å². The number of carbonyl (C=O) groups excluding carboxylic acids is 1. The van der Waals surface area contributed by atoms with Crippen LogP contribution >= 0.6 is 0 Å². The quantitative estimate of drug-likeness (QED) is 0.708. The Morgan fingerprint density at radius 2 is 2.06 bits per heavy atom. The number of fused-ring (bicyclic) bond motifs is 1. The van der Waals surface area contributed by atoms with E-state index >= 15 is 0 Å². The number of hydrogen-bond acceptors (Lipinski definition) is 3. The summed E-state index contributed by atoms with van der Waals surface area (Å²) in [7, 11) is 0. The minimum Gasteiger partial charge on any atom is -0.481 e. The summed E-state index contributed by atoms with van der Waals surface area (Å²) in [5.41, 5.74) is 4.69. The Labute approximate surface area is 184 Å². The summed E-state index contributed by atoms with van der Waals surface area (Å²) in [5.74, 6) is -1.49. The Kier molecular flexibility index (Phi) is 5.44. The van der Waals surface area contributed by atoms with E-state index in [0.29, 0.717) is 25.1 Å². The average Bonchev–Trinajstić information content (AvgIpc) is 3.32. The van der Waals surface area contributed by atoms with Crippen LogP contribution in [-0.2, 0) is 23.2 Å². The number of carboxylic acids is 1. The van der Waals surface area contributed by atoms with E-state index in [1.165, 1.54) is 6.42 Å². The van der Waals surface area contributed by atoms with Crippen LogP contribution in [0.2, 0.25) is 0 Å². The molecule has 31 heavy (non-hydrogen) atoms. The Hall–Kier alpha value is -2.63. The molecule has 166 valence electrons. The topological polar surface area (TPSA) is 86.3 Å². The van der Waals surface area contributed by atoms with E-state index in [-0.39, 0.29) is 16.7 Å². The highest BCUT2D eigenvalue weighted by Crippen LogP contribution is 2.50. The number of carboxylic acid groups (broad SMARTS) is 1. The van der Waals surface area contributed by atoms with Crippen molar-refractivity contribution >= 4 is 11.9 Å². The van der Waals surface area contributed by atoms with Gasteiger partial charge in [0, 0.05) is 37.0 Å². The number of nitrogens with one attached hydrogen (secondary N) is 1. The molecule has 2 aliphatic rings. The van der Waals surface area contributed by atoms with Crippen LogP contribution in [-0.4, -0.2) is 38.4 Å². The van der Waals surface area contributed by atoms with E-state index in [4.69, 9.17) is 0 Å². The fourth-order valence-electron chi connectivity index (χ4n) is 5.89. The summed E-state index contributed by atoms with van der Waals surface area (Å²) in [6.45, 7) is 9.70. The highest BCUT2D eigenvalue weighted by atomic mass is 16.4. The molecule has 4 rings (SSSR count). The number of amides is 1. The average molecular weight is 424 g/mol. The molecule has 6 heteroatoms. The summed E-state index contributed by atoms with van der Waals surface area (Å²) in [6, 6.07) is 3.99. The normalized spacial score (nSPS) is 23.6. The van der Waals surface area contributed by atoms with Crippen LogP contribution in [0.25, 0.3) is 0 Å². The summed E-state index contributed by atoms with van der Waals surface area (Å²) < 4.78 is 0. The number of benzene rings is 1. The molecule has 1 aromatic heterocycles. The van der Waals surface area contributed by atoms with E-state index in [2.05, 4.69) is 30.7 Å². The van der Waals surface area contributed by atoms with Gasteiger partial charge in [-0.15, -0.1) is 0 Å². The molecule has 0 spiro atoms. The molecule has 0 unspecified atom stereocenters. The predicted octanol–water partition coefficient (Wildman–Crippen LogP) is 4.65. The minimum absolute atomic E-state index is 0.00553. The highest BCUT2D eigenvalue weighted by molar-refractivity contribution is 5.99. The number of imidazole rings is 1. The molecule has 1 aliphatic carbocycles. The Morgan fingerprint density at radius 3 is 2.71 bits per heavy atom. The third-order valence-electron chi connectivity index (χ3n) is 7.33. The molecule has 0 bridgehead atoms. The van der Waals surface area contributed by atoms with Gasteiger partial charge in [-0.1, -0.05) is 33.3 Å². The SMILES string of the molecule is C[C@@H](C(=O)O)c1c([C@@]2(C)CCCC(C)(C)C2)ccc2c1CN(CCc1cnc[nH]1)C2=O. The van der Waals surface area contributed by atoms with Gasteiger partial charge < -0.3 is 15.0 Å². The summed E-state index contributed by atoms with van der Waals surface area (Å²) in [4.78, 5) is 34.2. The number of aliphatic carboxylic acids is 1. The third-order valence-corrected chi connectivity index (χ3v) is 7.33. The minimum atomic E-state index is -0.836. The second kappa shape index (κ2) is 7.81. The van der Waals surface area contributed by atoms with Crippen LogP contribution in [0.5, 0.6) is 0 Å². The molecule has 1 aromatic carbocycles. The fraction of sp³-hybridized carbons (Fsp3) is 0.560. The highest BCUT2D eigenvalue weighted by Gasteiger charge is 2.42. The van der Waals surface area contributed by atoms with Crippen LogP contribution in [0.3, 0.4) is 0 Å². The molecule has 2 aromatic rings. The first-order valence-electron chi connectivity index (χ1n) is 11.3. The van der Waals surface area contributed by atoms with Gasteiger partial charge in [-0.3, -0.25) is 9.59 Å². The Morgan fingerprint density at radius 1 is 1.29 bits per heavy atom. The zero-order chi connectivity index (χ0) is 22.4. The number of nitrogens with zero attached hydrogens (tertiary/aromatic N) is 2. The van der Waals surface area contributed by atoms with E-state index in [9.17, 15) is 14.7 Å². The molecule has 2 heterocycles. The lowest BCUT2D eigenvalue weighted by Gasteiger charge is -2.44. The number of carbonyl (C=O) groups is 2. The molecule has 2 N–H and O–H groups in total. The van der Waals surface area contributed by atoms with Gasteiger partial charge in [0.2, 0.25) is 0 Å². The largest absolute Gasteiger partial charge is 0.481 e. The lowest BCUT2D eigenvalue weighted by atomic mass is 9.60. The molecular weight excluding hydrogens is 390 g/mol. The summed E-state index contributed by atoms with van der Waals surface area (Å²) in [6.07, 6.45) is 8.51. The van der Waals surface area contributed by atoms with E-state index in [1.54, 1.807) is 19.4 Å². The first-order valence-corrected chi connectivity index (χ1v) is 11.3. The smallest absolute Gasteiger partial charge is 0.310 e. The van der Waals surface area contributed by atoms with Crippen molar-refractivity contribution in [3.63, 3.8) is 0 Å². The molecule has 1 amide bonds. The Bertz CT molecular complexity index is 996. The molecule has 6 nitrogen and oxygen atoms in total. The van der Waals surface area contributed by atoms with Gasteiger partial charge in [0.25, 0.3) is 5.91 Å². The van der Waals surface area contributed by atoms with Crippen LogP contribution in [0.4, 0.5) is 0 Å². The molecule has 1 saturated carbocycles. The zero-order valence-electron chi connectivity index (χ0n) is 19.0. The maximum absolute atomic E-state index is 13.1. The van der Waals surface area contributed by atoms with Crippen LogP contribution in [0.1, 0.15) is 92.0 Å². The van der Waals surface area contributed by atoms with Crippen LogP contribution in [0.15, 0.2) is 24.7 Å². The van der Waals surface area contributed by atoms with Gasteiger partial charge in [0.15, 0.2) is 0 Å². The van der Waals surface area contributed by atoms with E-state index < -0.39 is 11.9 Å². The van der Waals surface area contributed by atoms with Gasteiger partial charge >= 0.3 is 5.97 Å². The van der Waals surface area contributed by atoms with Gasteiger partial charge in [-0.25, -0.2) is 4.98 Å². The van der Waals surface area contributed by atoms with E-state index in [1.807, 2.05) is 17.0 Å². The van der Waals surface area contributed by atoms with Crippen molar-refractivity contribution in [3.05, 3.63) is 52.6 Å². The second-order valence-electron chi connectivity index (χ2n) is 10.4. The molecule has 1 fully saturated rings. The van der Waals surface area contributed by atoms with E-state index in [0.717, 1.165) is 41.6 Å². The van der Waals surface area contributed by atoms with Crippen molar-refractivity contribution in [2.24, 2.45) is 5.41 Å². The van der Waals surface area contributed by atoms with Crippen molar-refractivity contribution in [1.29, 1.82) is 0 Å².